The van der Waals surface area contributed by atoms with Crippen molar-refractivity contribution in [3.05, 3.63) is 81.5 Å². The van der Waals surface area contributed by atoms with Crippen LogP contribution < -0.4 is 9.47 Å². The van der Waals surface area contributed by atoms with Gasteiger partial charge in [0.2, 0.25) is 5.91 Å². The number of nitrogens with zero attached hydrogens (tertiary/aromatic N) is 1. The molecule has 1 unspecified atom stereocenters. The lowest BCUT2D eigenvalue weighted by Gasteiger charge is -2.38. The molecule has 0 fully saturated rings. The molecule has 0 saturated heterocycles. The van der Waals surface area contributed by atoms with Gasteiger partial charge in [0.05, 0.1) is 26.7 Å². The summed E-state index contributed by atoms with van der Waals surface area (Å²) in [6, 6.07) is 18.2. The first-order valence-electron chi connectivity index (χ1n) is 9.33. The molecule has 1 amide bonds. The SMILES string of the molecule is COc1cc2c(cc1OC)C(c1ccccc1)N(C(=O)Cc1cccs1)CC2. The number of ether oxygens (including phenoxy) is 2. The van der Waals surface area contributed by atoms with Crippen LogP contribution in [0.3, 0.4) is 0 Å². The highest BCUT2D eigenvalue weighted by Gasteiger charge is 2.33. The number of carbonyl (C=O) groups excluding carboxylic acids is 1. The zero-order valence-corrected chi connectivity index (χ0v) is 16.9. The van der Waals surface area contributed by atoms with Crippen LogP contribution in [0, 0.1) is 0 Å². The summed E-state index contributed by atoms with van der Waals surface area (Å²) in [5.74, 6) is 1.57. The minimum atomic E-state index is -0.128. The van der Waals surface area contributed by atoms with Crippen LogP contribution in [-0.4, -0.2) is 31.6 Å². The van der Waals surface area contributed by atoms with Crippen molar-refractivity contribution in [2.75, 3.05) is 20.8 Å². The van der Waals surface area contributed by atoms with Gasteiger partial charge in [-0.1, -0.05) is 36.4 Å². The average molecular weight is 394 g/mol. The number of fused-ring (bicyclic) bond motifs is 1. The third-order valence-electron chi connectivity index (χ3n) is 5.21. The summed E-state index contributed by atoms with van der Waals surface area (Å²) in [5.41, 5.74) is 3.41. The Balaban J connectivity index is 1.77. The Kier molecular flexibility index (Phi) is 5.35. The zero-order valence-electron chi connectivity index (χ0n) is 16.1. The van der Waals surface area contributed by atoms with Crippen molar-refractivity contribution in [1.29, 1.82) is 0 Å². The lowest BCUT2D eigenvalue weighted by Crippen LogP contribution is -2.41. The number of thiophene rings is 1. The molecule has 0 bridgehead atoms. The highest BCUT2D eigenvalue weighted by atomic mass is 32.1. The largest absolute Gasteiger partial charge is 0.493 e. The van der Waals surface area contributed by atoms with Gasteiger partial charge in [-0.2, -0.15) is 0 Å². The van der Waals surface area contributed by atoms with Crippen LogP contribution in [0.25, 0.3) is 0 Å². The average Bonchev–Trinajstić information content (AvgIpc) is 3.25. The Labute approximate surface area is 169 Å². The van der Waals surface area contributed by atoms with Gasteiger partial charge < -0.3 is 14.4 Å². The molecule has 144 valence electrons. The molecule has 28 heavy (non-hydrogen) atoms. The van der Waals surface area contributed by atoms with E-state index >= 15 is 0 Å². The van der Waals surface area contributed by atoms with Gasteiger partial charge in [0.15, 0.2) is 11.5 Å². The van der Waals surface area contributed by atoms with E-state index in [9.17, 15) is 4.79 Å². The van der Waals surface area contributed by atoms with Crippen molar-refractivity contribution in [2.45, 2.75) is 18.9 Å². The number of rotatable bonds is 5. The summed E-state index contributed by atoms with van der Waals surface area (Å²) in [7, 11) is 3.29. The van der Waals surface area contributed by atoms with E-state index in [1.165, 1.54) is 5.56 Å². The molecule has 4 rings (SSSR count). The van der Waals surface area contributed by atoms with E-state index in [4.69, 9.17) is 9.47 Å². The first-order valence-corrected chi connectivity index (χ1v) is 10.2. The molecular weight excluding hydrogens is 370 g/mol. The number of amides is 1. The van der Waals surface area contributed by atoms with Gasteiger partial charge in [-0.15, -0.1) is 11.3 Å². The number of carbonyl (C=O) groups is 1. The van der Waals surface area contributed by atoms with Crippen molar-refractivity contribution in [2.24, 2.45) is 0 Å². The summed E-state index contributed by atoms with van der Waals surface area (Å²) < 4.78 is 11.0. The first-order chi connectivity index (χ1) is 13.7. The van der Waals surface area contributed by atoms with Crippen LogP contribution in [0.4, 0.5) is 0 Å². The van der Waals surface area contributed by atoms with Crippen molar-refractivity contribution in [3.8, 4) is 11.5 Å². The molecule has 0 radical (unpaired) electrons. The Morgan fingerprint density at radius 2 is 1.82 bits per heavy atom. The van der Waals surface area contributed by atoms with Crippen LogP contribution in [0.2, 0.25) is 0 Å². The second kappa shape index (κ2) is 8.07. The smallest absolute Gasteiger partial charge is 0.228 e. The van der Waals surface area contributed by atoms with E-state index in [1.54, 1.807) is 25.6 Å². The predicted molar refractivity (Wildman–Crippen MR) is 111 cm³/mol. The fraction of sp³-hybridized carbons (Fsp3) is 0.261. The van der Waals surface area contributed by atoms with Gasteiger partial charge in [-0.05, 0) is 46.7 Å². The summed E-state index contributed by atoms with van der Waals surface area (Å²) in [6.07, 6.45) is 1.23. The Bertz CT molecular complexity index is 953. The predicted octanol–water partition coefficient (Wildman–Crippen LogP) is 4.48. The van der Waals surface area contributed by atoms with Gasteiger partial charge in [0.25, 0.3) is 0 Å². The van der Waals surface area contributed by atoms with Crippen molar-refractivity contribution in [3.63, 3.8) is 0 Å². The Morgan fingerprint density at radius 1 is 1.07 bits per heavy atom. The minimum Gasteiger partial charge on any atom is -0.493 e. The van der Waals surface area contributed by atoms with Gasteiger partial charge in [-0.3, -0.25) is 4.79 Å². The maximum atomic E-state index is 13.2. The second-order valence-corrected chi connectivity index (χ2v) is 7.84. The summed E-state index contributed by atoms with van der Waals surface area (Å²) >= 11 is 1.62. The van der Waals surface area contributed by atoms with Crippen LogP contribution in [-0.2, 0) is 17.6 Å². The summed E-state index contributed by atoms with van der Waals surface area (Å²) in [5, 5.41) is 2.01. The highest BCUT2D eigenvalue weighted by molar-refractivity contribution is 7.10. The van der Waals surface area contributed by atoms with Gasteiger partial charge in [0.1, 0.15) is 0 Å². The standard InChI is InChI=1S/C23H23NO3S/c1-26-20-13-17-10-11-24(22(25)14-18-9-6-12-28-18)23(16-7-4-3-5-8-16)19(17)15-21(20)27-2/h3-9,12-13,15,23H,10-11,14H2,1-2H3. The van der Waals surface area contributed by atoms with Crippen molar-refractivity contribution in [1.82, 2.24) is 4.90 Å². The molecule has 1 aromatic heterocycles. The molecule has 1 aliphatic rings. The van der Waals surface area contributed by atoms with Gasteiger partial charge in [0, 0.05) is 11.4 Å². The van der Waals surface area contributed by atoms with Gasteiger partial charge in [-0.25, -0.2) is 0 Å². The topological polar surface area (TPSA) is 38.8 Å². The lowest BCUT2D eigenvalue weighted by molar-refractivity contribution is -0.132. The monoisotopic (exact) mass is 393 g/mol. The van der Waals surface area contributed by atoms with E-state index < -0.39 is 0 Å². The van der Waals surface area contributed by atoms with Crippen LogP contribution in [0.1, 0.15) is 27.6 Å². The van der Waals surface area contributed by atoms with E-state index in [0.29, 0.717) is 18.7 Å². The van der Waals surface area contributed by atoms with Crippen LogP contribution in [0.5, 0.6) is 11.5 Å². The minimum absolute atomic E-state index is 0.128. The second-order valence-electron chi connectivity index (χ2n) is 6.81. The zero-order chi connectivity index (χ0) is 19.5. The van der Waals surface area contributed by atoms with Gasteiger partial charge >= 0.3 is 0 Å². The molecule has 0 spiro atoms. The molecule has 3 aromatic rings. The van der Waals surface area contributed by atoms with Crippen LogP contribution in [0.15, 0.2) is 60.0 Å². The number of hydrogen-bond donors (Lipinski definition) is 0. The molecule has 0 saturated carbocycles. The van der Waals surface area contributed by atoms with E-state index in [-0.39, 0.29) is 11.9 Å². The quantitative estimate of drug-likeness (QED) is 0.641. The third kappa shape index (κ3) is 3.50. The fourth-order valence-corrected chi connectivity index (χ4v) is 4.57. The molecular formula is C23H23NO3S. The molecule has 2 aromatic carbocycles. The molecule has 1 atom stereocenters. The molecule has 2 heterocycles. The fourth-order valence-electron chi connectivity index (χ4n) is 3.87. The summed E-state index contributed by atoms with van der Waals surface area (Å²) in [4.78, 5) is 16.3. The maximum Gasteiger partial charge on any atom is 0.228 e. The Hall–Kier alpha value is -2.79. The van der Waals surface area contributed by atoms with E-state index in [1.807, 2.05) is 52.7 Å². The number of hydrogen-bond acceptors (Lipinski definition) is 4. The Morgan fingerprint density at radius 3 is 2.50 bits per heavy atom. The summed E-state index contributed by atoms with van der Waals surface area (Å²) in [6.45, 7) is 0.687. The lowest BCUT2D eigenvalue weighted by atomic mass is 9.87. The molecule has 0 aliphatic carbocycles. The molecule has 5 heteroatoms. The van der Waals surface area contributed by atoms with E-state index in [0.717, 1.165) is 28.2 Å². The molecule has 4 nitrogen and oxygen atoms in total. The first kappa shape index (κ1) is 18.6. The molecule has 0 N–H and O–H groups in total. The maximum absolute atomic E-state index is 13.2. The van der Waals surface area contributed by atoms with Crippen LogP contribution >= 0.6 is 11.3 Å². The van der Waals surface area contributed by atoms with E-state index in [2.05, 4.69) is 12.1 Å². The van der Waals surface area contributed by atoms with Crippen molar-refractivity contribution < 1.29 is 14.3 Å². The van der Waals surface area contributed by atoms with Crippen molar-refractivity contribution >= 4 is 17.2 Å². The normalized spacial score (nSPS) is 15.8. The third-order valence-corrected chi connectivity index (χ3v) is 6.09. The molecule has 1 aliphatic heterocycles. The number of methoxy groups -OCH3 is 2. The highest BCUT2D eigenvalue weighted by Crippen LogP contribution is 2.41. The number of benzene rings is 2.